The molecule has 9 heteroatoms. The Morgan fingerprint density at radius 2 is 1.50 bits per heavy atom. The quantitative estimate of drug-likeness (QED) is 0.716. The van der Waals surface area contributed by atoms with Gasteiger partial charge in [0.2, 0.25) is 10.0 Å². The monoisotopic (exact) mass is 367 g/mol. The minimum atomic E-state index is -3.45. The lowest BCUT2D eigenvalue weighted by atomic mass is 10.2. The van der Waals surface area contributed by atoms with Crippen LogP contribution >= 0.6 is 11.6 Å². The van der Waals surface area contributed by atoms with E-state index in [-0.39, 0.29) is 11.3 Å². The summed E-state index contributed by atoms with van der Waals surface area (Å²) in [6, 6.07) is 12.0. The molecule has 0 bridgehead atoms. The number of amides is 2. The van der Waals surface area contributed by atoms with Crippen molar-refractivity contribution in [2.45, 2.75) is 0 Å². The number of rotatable bonds is 4. The summed E-state index contributed by atoms with van der Waals surface area (Å²) in [6.45, 7) is 0. The highest BCUT2D eigenvalue weighted by Gasteiger charge is 2.10. The normalized spacial score (nSPS) is 10.8. The molecule has 2 aromatic rings. The molecule has 0 fully saturated rings. The molecule has 0 aromatic heterocycles. The second-order valence-electron chi connectivity index (χ2n) is 4.87. The molecule has 0 saturated carbocycles. The predicted molar refractivity (Wildman–Crippen MR) is 91.3 cm³/mol. The van der Waals surface area contributed by atoms with E-state index in [2.05, 4.69) is 15.6 Å². The summed E-state index contributed by atoms with van der Waals surface area (Å²) in [5.41, 5.74) is 5.27. The zero-order valence-corrected chi connectivity index (χ0v) is 14.1. The van der Waals surface area contributed by atoms with Gasteiger partial charge in [0.15, 0.2) is 0 Å². The van der Waals surface area contributed by atoms with Crippen molar-refractivity contribution in [2.75, 3.05) is 11.0 Å². The van der Waals surface area contributed by atoms with Gasteiger partial charge >= 0.3 is 0 Å². The minimum Gasteiger partial charge on any atom is -0.284 e. The lowest BCUT2D eigenvalue weighted by Gasteiger charge is -2.09. The van der Waals surface area contributed by atoms with E-state index in [4.69, 9.17) is 11.6 Å². The van der Waals surface area contributed by atoms with E-state index in [0.29, 0.717) is 10.6 Å². The lowest BCUT2D eigenvalue weighted by molar-refractivity contribution is 0.0846. The van der Waals surface area contributed by atoms with Gasteiger partial charge in [-0.15, -0.1) is 0 Å². The van der Waals surface area contributed by atoms with Crippen LogP contribution in [-0.2, 0) is 10.0 Å². The van der Waals surface area contributed by atoms with Gasteiger partial charge in [-0.05, 0) is 42.5 Å². The van der Waals surface area contributed by atoms with Crippen LogP contribution in [0.4, 0.5) is 5.69 Å². The van der Waals surface area contributed by atoms with Crippen LogP contribution in [0, 0.1) is 0 Å². The first-order chi connectivity index (χ1) is 11.2. The van der Waals surface area contributed by atoms with E-state index >= 15 is 0 Å². The fourth-order valence-corrected chi connectivity index (χ4v) is 2.48. The van der Waals surface area contributed by atoms with E-state index < -0.39 is 21.8 Å². The molecule has 0 saturated heterocycles. The van der Waals surface area contributed by atoms with Crippen LogP contribution in [0.3, 0.4) is 0 Å². The van der Waals surface area contributed by atoms with Gasteiger partial charge in [0, 0.05) is 21.8 Å². The molecule has 3 N–H and O–H groups in total. The van der Waals surface area contributed by atoms with E-state index in [1.54, 1.807) is 12.1 Å². The molecule has 0 aliphatic heterocycles. The Hall–Kier alpha value is -2.58. The number of anilines is 1. The Morgan fingerprint density at radius 1 is 0.917 bits per heavy atom. The van der Waals surface area contributed by atoms with Crippen molar-refractivity contribution >= 4 is 39.1 Å². The van der Waals surface area contributed by atoms with Gasteiger partial charge in [-0.2, -0.15) is 0 Å². The number of sulfonamides is 1. The molecule has 0 heterocycles. The summed E-state index contributed by atoms with van der Waals surface area (Å²) in [4.78, 5) is 23.9. The zero-order valence-electron chi connectivity index (χ0n) is 12.5. The number of hydrazine groups is 1. The third-order valence-electron chi connectivity index (χ3n) is 2.82. The number of benzene rings is 2. The topological polar surface area (TPSA) is 104 Å². The maximum Gasteiger partial charge on any atom is 0.269 e. The maximum atomic E-state index is 12.0. The number of hydrogen-bond acceptors (Lipinski definition) is 4. The molecule has 2 amide bonds. The van der Waals surface area contributed by atoms with Crippen molar-refractivity contribution in [3.05, 3.63) is 64.7 Å². The minimum absolute atomic E-state index is 0.181. The average molecular weight is 368 g/mol. The highest BCUT2D eigenvalue weighted by atomic mass is 35.5. The van der Waals surface area contributed by atoms with Crippen molar-refractivity contribution in [3.63, 3.8) is 0 Å². The van der Waals surface area contributed by atoms with Crippen LogP contribution in [0.15, 0.2) is 48.5 Å². The maximum absolute atomic E-state index is 12.0. The van der Waals surface area contributed by atoms with Crippen molar-refractivity contribution in [2.24, 2.45) is 0 Å². The van der Waals surface area contributed by atoms with Gasteiger partial charge in [0.05, 0.1) is 6.26 Å². The number of carbonyl (C=O) groups is 2. The summed E-state index contributed by atoms with van der Waals surface area (Å²) in [5, 5.41) is 0.491. The Labute approximate surface area is 144 Å². The Morgan fingerprint density at radius 3 is 2.08 bits per heavy atom. The molecule has 0 aliphatic rings. The standard InChI is InChI=1S/C15H14ClN3O4S/c1-24(22,23)19-13-4-2-3-11(9-13)15(21)18-17-14(20)10-5-7-12(16)8-6-10/h2-9,19H,1H3,(H,17,20)(H,18,21). The third-order valence-corrected chi connectivity index (χ3v) is 3.68. The van der Waals surface area contributed by atoms with Gasteiger partial charge in [0.25, 0.3) is 11.8 Å². The molecule has 0 aliphatic carbocycles. The van der Waals surface area contributed by atoms with Crippen LogP contribution in [0.5, 0.6) is 0 Å². The van der Waals surface area contributed by atoms with Crippen LogP contribution in [0.2, 0.25) is 5.02 Å². The first-order valence-electron chi connectivity index (χ1n) is 6.69. The Bertz CT molecular complexity index is 867. The van der Waals surface area contributed by atoms with Crippen molar-refractivity contribution in [1.29, 1.82) is 0 Å². The molecule has 2 rings (SSSR count). The summed E-state index contributed by atoms with van der Waals surface area (Å²) in [7, 11) is -3.45. The van der Waals surface area contributed by atoms with E-state index in [9.17, 15) is 18.0 Å². The summed E-state index contributed by atoms with van der Waals surface area (Å²) in [6.07, 6.45) is 1.01. The SMILES string of the molecule is CS(=O)(=O)Nc1cccc(C(=O)NNC(=O)c2ccc(Cl)cc2)c1. The van der Waals surface area contributed by atoms with Crippen molar-refractivity contribution < 1.29 is 18.0 Å². The second kappa shape index (κ2) is 7.33. The lowest BCUT2D eigenvalue weighted by Crippen LogP contribution is -2.41. The predicted octanol–water partition coefficient (Wildman–Crippen LogP) is 1.79. The zero-order chi connectivity index (χ0) is 17.7. The molecule has 0 spiro atoms. The molecular weight excluding hydrogens is 354 g/mol. The van der Waals surface area contributed by atoms with Gasteiger partial charge in [-0.3, -0.25) is 25.2 Å². The van der Waals surface area contributed by atoms with Gasteiger partial charge in [0.1, 0.15) is 0 Å². The van der Waals surface area contributed by atoms with Gasteiger partial charge in [-0.1, -0.05) is 17.7 Å². The molecule has 0 unspecified atom stereocenters. The molecule has 2 aromatic carbocycles. The molecule has 0 atom stereocenters. The molecule has 24 heavy (non-hydrogen) atoms. The van der Waals surface area contributed by atoms with E-state index in [1.807, 2.05) is 0 Å². The Balaban J connectivity index is 2.01. The highest BCUT2D eigenvalue weighted by molar-refractivity contribution is 7.92. The Kier molecular flexibility index (Phi) is 5.42. The number of hydrogen-bond donors (Lipinski definition) is 3. The summed E-state index contributed by atoms with van der Waals surface area (Å²) < 4.78 is 24.7. The van der Waals surface area contributed by atoms with Crippen LogP contribution < -0.4 is 15.6 Å². The molecular formula is C15H14ClN3O4S. The fourth-order valence-electron chi connectivity index (χ4n) is 1.80. The third kappa shape index (κ3) is 5.25. The first-order valence-corrected chi connectivity index (χ1v) is 8.96. The van der Waals surface area contributed by atoms with Crippen LogP contribution in [-0.4, -0.2) is 26.5 Å². The van der Waals surface area contributed by atoms with E-state index in [0.717, 1.165) is 6.26 Å². The molecule has 7 nitrogen and oxygen atoms in total. The summed E-state index contributed by atoms with van der Waals surface area (Å²) >= 11 is 5.73. The molecule has 126 valence electrons. The smallest absolute Gasteiger partial charge is 0.269 e. The average Bonchev–Trinajstić information content (AvgIpc) is 2.51. The van der Waals surface area contributed by atoms with Crippen LogP contribution in [0.1, 0.15) is 20.7 Å². The number of halogens is 1. The molecule has 0 radical (unpaired) electrons. The van der Waals surface area contributed by atoms with E-state index in [1.165, 1.54) is 36.4 Å². The van der Waals surface area contributed by atoms with Gasteiger partial charge in [-0.25, -0.2) is 8.42 Å². The largest absolute Gasteiger partial charge is 0.284 e. The van der Waals surface area contributed by atoms with Crippen molar-refractivity contribution in [3.8, 4) is 0 Å². The number of carbonyl (C=O) groups excluding carboxylic acids is 2. The second-order valence-corrected chi connectivity index (χ2v) is 7.06. The fraction of sp³-hybridized carbons (Fsp3) is 0.0667. The first kappa shape index (κ1) is 17.8. The number of nitrogens with one attached hydrogen (secondary N) is 3. The summed E-state index contributed by atoms with van der Waals surface area (Å²) in [5.74, 6) is -1.10. The van der Waals surface area contributed by atoms with Crippen molar-refractivity contribution in [1.82, 2.24) is 10.9 Å². The highest BCUT2D eigenvalue weighted by Crippen LogP contribution is 2.12. The van der Waals surface area contributed by atoms with Crippen LogP contribution in [0.25, 0.3) is 0 Å². The van der Waals surface area contributed by atoms with Gasteiger partial charge < -0.3 is 0 Å².